The lowest BCUT2D eigenvalue weighted by Gasteiger charge is -2.14. The molecule has 0 fully saturated rings. The first-order valence-corrected chi connectivity index (χ1v) is 6.27. The van der Waals surface area contributed by atoms with E-state index in [1.54, 1.807) is 20.5 Å². The number of hydrogen-bond donors (Lipinski definition) is 0. The molecule has 2 rings (SSSR count). The Morgan fingerprint density at radius 1 is 1.22 bits per heavy atom. The molecule has 0 saturated heterocycles. The lowest BCUT2D eigenvalue weighted by Crippen LogP contribution is -1.98. The highest BCUT2D eigenvalue weighted by atomic mass is 79.9. The number of nitrogens with zero attached hydrogens (tertiary/aromatic N) is 2. The van der Waals surface area contributed by atoms with E-state index in [0.717, 1.165) is 32.9 Å². The first-order valence-electron chi connectivity index (χ1n) is 5.48. The van der Waals surface area contributed by atoms with E-state index in [-0.39, 0.29) is 0 Å². The molecule has 0 atom stereocenters. The fraction of sp³-hybridized carbons (Fsp3) is 0.308. The molecule has 96 valence electrons. The van der Waals surface area contributed by atoms with Crippen LogP contribution in [0.5, 0.6) is 11.5 Å². The summed E-state index contributed by atoms with van der Waals surface area (Å²) in [4.78, 5) is 4.24. The van der Waals surface area contributed by atoms with Gasteiger partial charge < -0.3 is 14.0 Å². The number of methoxy groups -OCH3 is 2. The maximum Gasteiger partial charge on any atom is 0.132 e. The summed E-state index contributed by atoms with van der Waals surface area (Å²) in [7, 11) is 5.26. The minimum Gasteiger partial charge on any atom is -0.497 e. The van der Waals surface area contributed by atoms with Gasteiger partial charge in [0.05, 0.1) is 26.2 Å². The number of halogens is 1. The monoisotopic (exact) mass is 310 g/mol. The molecule has 0 aliphatic heterocycles. The van der Waals surface area contributed by atoms with Gasteiger partial charge in [-0.1, -0.05) is 0 Å². The molecule has 0 amide bonds. The zero-order chi connectivity index (χ0) is 13.3. The van der Waals surface area contributed by atoms with Crippen LogP contribution in [0.4, 0.5) is 0 Å². The van der Waals surface area contributed by atoms with E-state index in [1.165, 1.54) is 0 Å². The summed E-state index contributed by atoms with van der Waals surface area (Å²) < 4.78 is 13.5. The van der Waals surface area contributed by atoms with Crippen molar-refractivity contribution < 1.29 is 9.47 Å². The van der Waals surface area contributed by atoms with Crippen molar-refractivity contribution in [3.63, 3.8) is 0 Å². The number of rotatable bonds is 3. The molecule has 0 N–H and O–H groups in total. The van der Waals surface area contributed by atoms with Crippen LogP contribution < -0.4 is 9.47 Å². The maximum atomic E-state index is 5.46. The standard InChI is InChI=1S/C13H15BrN2O2/c1-8-5-9(17-3)6-10(18-4)11(8)12-13(14)15-7-16(12)2/h5-7H,1-4H3. The fourth-order valence-corrected chi connectivity index (χ4v) is 2.56. The number of hydrogen-bond acceptors (Lipinski definition) is 3. The zero-order valence-electron chi connectivity index (χ0n) is 10.8. The van der Waals surface area contributed by atoms with Gasteiger partial charge in [-0.2, -0.15) is 0 Å². The second kappa shape index (κ2) is 5.02. The first-order chi connectivity index (χ1) is 8.58. The van der Waals surface area contributed by atoms with Crippen LogP contribution in [0.15, 0.2) is 23.1 Å². The highest BCUT2D eigenvalue weighted by Gasteiger charge is 2.17. The molecule has 0 unspecified atom stereocenters. The van der Waals surface area contributed by atoms with Crippen molar-refractivity contribution >= 4 is 15.9 Å². The summed E-state index contributed by atoms with van der Waals surface area (Å²) >= 11 is 3.47. The SMILES string of the molecule is COc1cc(C)c(-c2c(Br)ncn2C)c(OC)c1. The van der Waals surface area contributed by atoms with Crippen LogP contribution >= 0.6 is 15.9 Å². The van der Waals surface area contributed by atoms with Crippen molar-refractivity contribution in [3.8, 4) is 22.8 Å². The lowest BCUT2D eigenvalue weighted by atomic mass is 10.0. The quantitative estimate of drug-likeness (QED) is 0.873. The van der Waals surface area contributed by atoms with Gasteiger partial charge in [-0.25, -0.2) is 4.98 Å². The fourth-order valence-electron chi connectivity index (χ4n) is 1.99. The van der Waals surface area contributed by atoms with Gasteiger partial charge in [0.1, 0.15) is 16.1 Å². The van der Waals surface area contributed by atoms with Gasteiger partial charge in [0.2, 0.25) is 0 Å². The zero-order valence-corrected chi connectivity index (χ0v) is 12.4. The number of benzene rings is 1. The predicted octanol–water partition coefficient (Wildman–Crippen LogP) is 3.18. The van der Waals surface area contributed by atoms with E-state index in [0.29, 0.717) is 0 Å². The van der Waals surface area contributed by atoms with Crippen molar-refractivity contribution in [2.24, 2.45) is 7.05 Å². The Balaban J connectivity index is 2.71. The molecule has 5 heteroatoms. The molecule has 0 saturated carbocycles. The molecule has 0 aliphatic carbocycles. The van der Waals surface area contributed by atoms with Gasteiger partial charge in [0.25, 0.3) is 0 Å². The van der Waals surface area contributed by atoms with Crippen LogP contribution in [0.25, 0.3) is 11.3 Å². The van der Waals surface area contributed by atoms with Gasteiger partial charge in [-0.05, 0) is 34.5 Å². The smallest absolute Gasteiger partial charge is 0.132 e. The molecular formula is C13H15BrN2O2. The molecule has 4 nitrogen and oxygen atoms in total. The Hall–Kier alpha value is -1.49. The van der Waals surface area contributed by atoms with Crippen LogP contribution in [0.2, 0.25) is 0 Å². The highest BCUT2D eigenvalue weighted by molar-refractivity contribution is 9.10. The van der Waals surface area contributed by atoms with Crippen molar-refractivity contribution in [1.29, 1.82) is 0 Å². The van der Waals surface area contributed by atoms with E-state index < -0.39 is 0 Å². The second-order valence-corrected chi connectivity index (χ2v) is 4.77. The second-order valence-electron chi connectivity index (χ2n) is 4.02. The van der Waals surface area contributed by atoms with Crippen LogP contribution in [-0.2, 0) is 7.05 Å². The van der Waals surface area contributed by atoms with Gasteiger partial charge in [0.15, 0.2) is 0 Å². The third kappa shape index (κ3) is 2.10. The summed E-state index contributed by atoms with van der Waals surface area (Å²) in [6, 6.07) is 3.86. The van der Waals surface area contributed by atoms with E-state index in [1.807, 2.05) is 30.7 Å². The number of aryl methyl sites for hydroxylation is 2. The third-order valence-corrected chi connectivity index (χ3v) is 3.44. The normalized spacial score (nSPS) is 10.5. The number of ether oxygens (including phenoxy) is 2. The first kappa shape index (κ1) is 13.0. The summed E-state index contributed by atoms with van der Waals surface area (Å²) in [6.07, 6.45) is 1.77. The molecular weight excluding hydrogens is 296 g/mol. The van der Waals surface area contributed by atoms with Crippen molar-refractivity contribution in [1.82, 2.24) is 9.55 Å². The van der Waals surface area contributed by atoms with Crippen molar-refractivity contribution in [3.05, 3.63) is 28.6 Å². The Labute approximate surface area is 115 Å². The maximum absolute atomic E-state index is 5.46. The minimum atomic E-state index is 0.774. The van der Waals surface area contributed by atoms with Crippen LogP contribution in [-0.4, -0.2) is 23.8 Å². The topological polar surface area (TPSA) is 36.3 Å². The van der Waals surface area contributed by atoms with Gasteiger partial charge in [0, 0.05) is 18.7 Å². The Kier molecular flexibility index (Phi) is 3.61. The van der Waals surface area contributed by atoms with E-state index in [9.17, 15) is 0 Å². The Bertz CT molecular complexity index is 559. The summed E-state index contributed by atoms with van der Waals surface area (Å²) in [5.41, 5.74) is 3.09. The Morgan fingerprint density at radius 2 is 1.94 bits per heavy atom. The van der Waals surface area contributed by atoms with E-state index >= 15 is 0 Å². The molecule has 2 aromatic rings. The largest absolute Gasteiger partial charge is 0.497 e. The summed E-state index contributed by atoms with van der Waals surface area (Å²) in [5, 5.41) is 0. The third-order valence-electron chi connectivity index (χ3n) is 2.86. The van der Waals surface area contributed by atoms with Crippen LogP contribution in [0.1, 0.15) is 5.56 Å². The Morgan fingerprint density at radius 3 is 2.44 bits per heavy atom. The molecule has 1 heterocycles. The lowest BCUT2D eigenvalue weighted by molar-refractivity contribution is 0.394. The van der Waals surface area contributed by atoms with E-state index in [2.05, 4.69) is 20.9 Å². The summed E-state index contributed by atoms with van der Waals surface area (Å²) in [6.45, 7) is 2.03. The molecule has 18 heavy (non-hydrogen) atoms. The van der Waals surface area contributed by atoms with Gasteiger partial charge >= 0.3 is 0 Å². The predicted molar refractivity (Wildman–Crippen MR) is 74.2 cm³/mol. The van der Waals surface area contributed by atoms with Crippen LogP contribution in [0.3, 0.4) is 0 Å². The molecule has 0 spiro atoms. The highest BCUT2D eigenvalue weighted by Crippen LogP contribution is 2.39. The van der Waals surface area contributed by atoms with Gasteiger partial charge in [-0.3, -0.25) is 0 Å². The number of aromatic nitrogens is 2. The van der Waals surface area contributed by atoms with Crippen molar-refractivity contribution in [2.45, 2.75) is 6.92 Å². The van der Waals surface area contributed by atoms with E-state index in [4.69, 9.17) is 9.47 Å². The molecule has 1 aromatic heterocycles. The van der Waals surface area contributed by atoms with Crippen LogP contribution in [0, 0.1) is 6.92 Å². The molecule has 0 aliphatic rings. The molecule has 1 aromatic carbocycles. The molecule has 0 bridgehead atoms. The summed E-state index contributed by atoms with van der Waals surface area (Å²) in [5.74, 6) is 1.56. The molecule has 0 radical (unpaired) electrons. The minimum absolute atomic E-state index is 0.774. The van der Waals surface area contributed by atoms with Gasteiger partial charge in [-0.15, -0.1) is 0 Å². The van der Waals surface area contributed by atoms with Crippen molar-refractivity contribution in [2.75, 3.05) is 14.2 Å². The average Bonchev–Trinajstić information content (AvgIpc) is 2.68. The average molecular weight is 311 g/mol. The number of imidazole rings is 1.